The van der Waals surface area contributed by atoms with Crippen LogP contribution in [-0.4, -0.2) is 28.3 Å². The third-order valence-corrected chi connectivity index (χ3v) is 6.78. The number of hydrogen-bond donors (Lipinski definition) is 1. The molecule has 2 aliphatic rings. The average molecular weight is 405 g/mol. The Kier molecular flexibility index (Phi) is 6.21. The van der Waals surface area contributed by atoms with Gasteiger partial charge < -0.3 is 10.2 Å². The second-order valence-corrected chi connectivity index (χ2v) is 9.00. The summed E-state index contributed by atoms with van der Waals surface area (Å²) in [6.45, 7) is 2.71. The molecule has 30 heavy (non-hydrogen) atoms. The molecule has 1 heterocycles. The SMILES string of the molecule is CC(CCc1ccccc1)NC(=O)CC1(N2Cc3ccccc3C2=O)CCCCC1. The summed E-state index contributed by atoms with van der Waals surface area (Å²) in [7, 11) is 0. The second kappa shape index (κ2) is 9.03. The zero-order valence-corrected chi connectivity index (χ0v) is 17.9. The molecule has 0 bridgehead atoms. The maximum absolute atomic E-state index is 13.2. The number of fused-ring (bicyclic) bond motifs is 1. The lowest BCUT2D eigenvalue weighted by Gasteiger charge is -2.44. The van der Waals surface area contributed by atoms with Crippen LogP contribution in [0.4, 0.5) is 0 Å². The molecule has 0 saturated heterocycles. The minimum Gasteiger partial charge on any atom is -0.354 e. The molecule has 4 rings (SSSR count). The molecule has 4 nitrogen and oxygen atoms in total. The lowest BCUT2D eigenvalue weighted by molar-refractivity contribution is -0.125. The number of carbonyl (C=O) groups excluding carboxylic acids is 2. The number of carbonyl (C=O) groups is 2. The Labute approximate surface area is 179 Å². The zero-order valence-electron chi connectivity index (χ0n) is 17.9. The van der Waals surface area contributed by atoms with E-state index in [9.17, 15) is 9.59 Å². The third-order valence-electron chi connectivity index (χ3n) is 6.78. The first-order chi connectivity index (χ1) is 14.6. The molecular formula is C26H32N2O2. The van der Waals surface area contributed by atoms with Crippen molar-refractivity contribution in [3.8, 4) is 0 Å². The van der Waals surface area contributed by atoms with E-state index in [1.54, 1.807) is 0 Å². The minimum atomic E-state index is -0.350. The molecule has 1 fully saturated rings. The Morgan fingerprint density at radius 1 is 1.03 bits per heavy atom. The fourth-order valence-corrected chi connectivity index (χ4v) is 5.11. The van der Waals surface area contributed by atoms with Crippen molar-refractivity contribution in [2.24, 2.45) is 0 Å². The Balaban J connectivity index is 1.40. The first kappa shape index (κ1) is 20.6. The van der Waals surface area contributed by atoms with Crippen LogP contribution < -0.4 is 5.32 Å². The van der Waals surface area contributed by atoms with Crippen LogP contribution in [-0.2, 0) is 17.8 Å². The predicted molar refractivity (Wildman–Crippen MR) is 119 cm³/mol. The first-order valence-electron chi connectivity index (χ1n) is 11.3. The molecule has 0 spiro atoms. The summed E-state index contributed by atoms with van der Waals surface area (Å²) in [5, 5.41) is 3.20. The van der Waals surface area contributed by atoms with Crippen LogP contribution in [0.3, 0.4) is 0 Å². The third kappa shape index (κ3) is 4.43. The van der Waals surface area contributed by atoms with Gasteiger partial charge in [0, 0.05) is 24.6 Å². The lowest BCUT2D eigenvalue weighted by Crippen LogP contribution is -2.53. The highest BCUT2D eigenvalue weighted by atomic mass is 16.2. The molecule has 1 aliphatic carbocycles. The molecule has 0 radical (unpaired) electrons. The maximum atomic E-state index is 13.2. The van der Waals surface area contributed by atoms with Crippen LogP contribution in [0, 0.1) is 0 Å². The van der Waals surface area contributed by atoms with Gasteiger partial charge in [0.15, 0.2) is 0 Å². The fourth-order valence-electron chi connectivity index (χ4n) is 5.11. The monoisotopic (exact) mass is 404 g/mol. The van der Waals surface area contributed by atoms with Gasteiger partial charge >= 0.3 is 0 Å². The molecule has 2 aromatic rings. The fraction of sp³-hybridized carbons (Fsp3) is 0.462. The number of rotatable bonds is 7. The molecule has 4 heteroatoms. The van der Waals surface area contributed by atoms with E-state index in [4.69, 9.17) is 0 Å². The summed E-state index contributed by atoms with van der Waals surface area (Å²) in [6, 6.07) is 18.4. The summed E-state index contributed by atoms with van der Waals surface area (Å²) < 4.78 is 0. The Morgan fingerprint density at radius 3 is 2.47 bits per heavy atom. The van der Waals surface area contributed by atoms with Gasteiger partial charge in [0.05, 0.1) is 5.54 Å². The van der Waals surface area contributed by atoms with Crippen molar-refractivity contribution in [1.29, 1.82) is 0 Å². The minimum absolute atomic E-state index is 0.0706. The van der Waals surface area contributed by atoms with Crippen molar-refractivity contribution in [1.82, 2.24) is 10.2 Å². The normalized spacial score (nSPS) is 18.7. The highest BCUT2D eigenvalue weighted by Gasteiger charge is 2.45. The number of amides is 2. The summed E-state index contributed by atoms with van der Waals surface area (Å²) in [6.07, 6.45) is 7.45. The quantitative estimate of drug-likeness (QED) is 0.715. The topological polar surface area (TPSA) is 49.4 Å². The largest absolute Gasteiger partial charge is 0.354 e. The van der Waals surface area contributed by atoms with Gasteiger partial charge in [-0.3, -0.25) is 9.59 Å². The molecule has 1 unspecified atom stereocenters. The van der Waals surface area contributed by atoms with Gasteiger partial charge in [-0.15, -0.1) is 0 Å². The predicted octanol–water partition coefficient (Wildman–Crippen LogP) is 4.87. The highest BCUT2D eigenvalue weighted by molar-refractivity contribution is 5.99. The van der Waals surface area contributed by atoms with Crippen LogP contribution in [0.25, 0.3) is 0 Å². The molecule has 2 amide bonds. The Hall–Kier alpha value is -2.62. The van der Waals surface area contributed by atoms with E-state index in [-0.39, 0.29) is 23.4 Å². The van der Waals surface area contributed by atoms with Crippen molar-refractivity contribution < 1.29 is 9.59 Å². The molecule has 1 N–H and O–H groups in total. The van der Waals surface area contributed by atoms with Gasteiger partial charge in [0.2, 0.25) is 5.91 Å². The Morgan fingerprint density at radius 2 is 1.73 bits per heavy atom. The van der Waals surface area contributed by atoms with Crippen molar-refractivity contribution >= 4 is 11.8 Å². The van der Waals surface area contributed by atoms with Crippen molar-refractivity contribution in [2.75, 3.05) is 0 Å². The van der Waals surface area contributed by atoms with E-state index < -0.39 is 0 Å². The summed E-state index contributed by atoms with van der Waals surface area (Å²) in [5.74, 6) is 0.165. The van der Waals surface area contributed by atoms with Gasteiger partial charge in [-0.2, -0.15) is 0 Å². The molecule has 1 atom stereocenters. The summed E-state index contributed by atoms with van der Waals surface area (Å²) >= 11 is 0. The lowest BCUT2D eigenvalue weighted by atomic mass is 9.77. The summed E-state index contributed by atoms with van der Waals surface area (Å²) in [4.78, 5) is 28.2. The number of hydrogen-bond acceptors (Lipinski definition) is 2. The van der Waals surface area contributed by atoms with Crippen LogP contribution in [0.1, 0.15) is 73.4 Å². The Bertz CT molecular complexity index is 887. The van der Waals surface area contributed by atoms with E-state index in [1.807, 2.05) is 35.2 Å². The van der Waals surface area contributed by atoms with E-state index in [0.717, 1.165) is 49.7 Å². The van der Waals surface area contributed by atoms with Crippen LogP contribution in [0.5, 0.6) is 0 Å². The molecule has 0 aromatic heterocycles. The first-order valence-corrected chi connectivity index (χ1v) is 11.3. The molecular weight excluding hydrogens is 372 g/mol. The van der Waals surface area contributed by atoms with Gasteiger partial charge in [-0.25, -0.2) is 0 Å². The zero-order chi connectivity index (χ0) is 21.0. The standard InChI is InChI=1S/C26H32N2O2/c1-20(14-15-21-10-4-2-5-11-21)27-24(29)18-26(16-8-3-9-17-26)28-19-22-12-6-7-13-23(22)25(28)30/h2,4-7,10-13,20H,3,8-9,14-19H2,1H3,(H,27,29). The van der Waals surface area contributed by atoms with Crippen LogP contribution in [0.2, 0.25) is 0 Å². The van der Waals surface area contributed by atoms with Gasteiger partial charge in [0.1, 0.15) is 0 Å². The van der Waals surface area contributed by atoms with Gasteiger partial charge in [-0.05, 0) is 49.8 Å². The number of aryl methyl sites for hydroxylation is 1. The van der Waals surface area contributed by atoms with E-state index in [1.165, 1.54) is 12.0 Å². The second-order valence-electron chi connectivity index (χ2n) is 9.00. The van der Waals surface area contributed by atoms with E-state index >= 15 is 0 Å². The van der Waals surface area contributed by atoms with Crippen molar-refractivity contribution in [3.05, 3.63) is 71.3 Å². The summed E-state index contributed by atoms with van der Waals surface area (Å²) in [5.41, 5.74) is 2.84. The maximum Gasteiger partial charge on any atom is 0.254 e. The average Bonchev–Trinajstić information content (AvgIpc) is 3.11. The van der Waals surface area contributed by atoms with Crippen molar-refractivity contribution in [2.45, 2.75) is 76.4 Å². The molecule has 1 saturated carbocycles. The van der Waals surface area contributed by atoms with E-state index in [0.29, 0.717) is 13.0 Å². The molecule has 158 valence electrons. The van der Waals surface area contributed by atoms with Crippen LogP contribution in [0.15, 0.2) is 54.6 Å². The number of nitrogens with zero attached hydrogens (tertiary/aromatic N) is 1. The number of nitrogens with one attached hydrogen (secondary N) is 1. The van der Waals surface area contributed by atoms with Gasteiger partial charge in [-0.1, -0.05) is 67.8 Å². The van der Waals surface area contributed by atoms with Crippen LogP contribution >= 0.6 is 0 Å². The van der Waals surface area contributed by atoms with Gasteiger partial charge in [0.25, 0.3) is 5.91 Å². The smallest absolute Gasteiger partial charge is 0.254 e. The van der Waals surface area contributed by atoms with Crippen molar-refractivity contribution in [3.63, 3.8) is 0 Å². The molecule has 2 aromatic carbocycles. The highest BCUT2D eigenvalue weighted by Crippen LogP contribution is 2.41. The number of benzene rings is 2. The van der Waals surface area contributed by atoms with E-state index in [2.05, 4.69) is 36.5 Å². The molecule has 1 aliphatic heterocycles.